The molecule has 2 heteroatoms. The fourth-order valence-corrected chi connectivity index (χ4v) is 1.34. The topological polar surface area (TPSA) is 36.1 Å². The van der Waals surface area contributed by atoms with Crippen molar-refractivity contribution < 1.29 is 0 Å². The average molecular weight is 206 g/mol. The third-order valence-electron chi connectivity index (χ3n) is 2.14. The molecule has 0 amide bonds. The minimum atomic E-state index is 0.628. The first kappa shape index (κ1) is 10.1. The minimum Gasteiger partial charge on any atom is -0.256 e. The molecule has 0 fully saturated rings. The van der Waals surface area contributed by atoms with E-state index in [9.17, 15) is 0 Å². The molecule has 0 spiro atoms. The summed E-state index contributed by atoms with van der Waals surface area (Å²) in [5, 5.41) is 8.75. The Morgan fingerprint density at radius 3 is 2.56 bits per heavy atom. The first-order valence-corrected chi connectivity index (χ1v) is 4.98. The fraction of sp³-hybridized carbons (Fsp3) is 0. The van der Waals surface area contributed by atoms with Gasteiger partial charge in [-0.2, -0.15) is 5.26 Å². The molecule has 0 N–H and O–H groups in total. The van der Waals surface area contributed by atoms with Gasteiger partial charge < -0.3 is 0 Å². The molecule has 0 aliphatic heterocycles. The first-order chi connectivity index (χ1) is 7.88. The van der Waals surface area contributed by atoms with E-state index in [4.69, 9.17) is 5.26 Å². The van der Waals surface area contributed by atoms with Gasteiger partial charge in [0.1, 0.15) is 0 Å². The van der Waals surface area contributed by atoms with E-state index in [1.807, 2.05) is 42.5 Å². The van der Waals surface area contributed by atoms with Crippen LogP contribution < -0.4 is 0 Å². The predicted octanol–water partition coefficient (Wildman–Crippen LogP) is 3.31. The Labute approximate surface area is 94.5 Å². The van der Waals surface area contributed by atoms with E-state index < -0.39 is 0 Å². The van der Waals surface area contributed by atoms with Crippen LogP contribution in [0.15, 0.2) is 59.6 Å². The molecule has 2 aromatic carbocycles. The SMILES string of the molecule is N#Cc1cccc(N=Cc2ccccc2)c1. The molecule has 0 aliphatic carbocycles. The molecule has 0 bridgehead atoms. The number of rotatable bonds is 2. The Morgan fingerprint density at radius 1 is 1.00 bits per heavy atom. The summed E-state index contributed by atoms with van der Waals surface area (Å²) in [7, 11) is 0. The van der Waals surface area contributed by atoms with Crippen LogP contribution in [0.25, 0.3) is 0 Å². The van der Waals surface area contributed by atoms with Gasteiger partial charge in [0.2, 0.25) is 0 Å². The zero-order chi connectivity index (χ0) is 11.2. The first-order valence-electron chi connectivity index (χ1n) is 4.98. The predicted molar refractivity (Wildman–Crippen MR) is 64.9 cm³/mol. The number of hydrogen-bond acceptors (Lipinski definition) is 2. The maximum atomic E-state index is 8.75. The lowest BCUT2D eigenvalue weighted by atomic mass is 10.2. The molecular weight excluding hydrogens is 196 g/mol. The number of hydrogen-bond donors (Lipinski definition) is 0. The van der Waals surface area contributed by atoms with E-state index in [1.165, 1.54) is 0 Å². The van der Waals surface area contributed by atoms with Crippen LogP contribution in [-0.4, -0.2) is 6.21 Å². The summed E-state index contributed by atoms with van der Waals surface area (Å²) < 4.78 is 0. The van der Waals surface area contributed by atoms with Crippen LogP contribution >= 0.6 is 0 Å². The standard InChI is InChI=1S/C14H10N2/c15-10-13-7-4-8-14(9-13)16-11-12-5-2-1-3-6-12/h1-9,11H. The van der Waals surface area contributed by atoms with Gasteiger partial charge in [-0.25, -0.2) is 0 Å². The van der Waals surface area contributed by atoms with Gasteiger partial charge in [0, 0.05) is 6.21 Å². The highest BCUT2D eigenvalue weighted by molar-refractivity contribution is 5.81. The number of benzene rings is 2. The summed E-state index contributed by atoms with van der Waals surface area (Å²) in [6, 6.07) is 19.2. The Morgan fingerprint density at radius 2 is 1.81 bits per heavy atom. The van der Waals surface area contributed by atoms with Crippen molar-refractivity contribution in [2.45, 2.75) is 0 Å². The molecule has 2 aromatic rings. The molecule has 76 valence electrons. The van der Waals surface area contributed by atoms with Crippen molar-refractivity contribution in [2.75, 3.05) is 0 Å². The van der Waals surface area contributed by atoms with Crippen LogP contribution in [0.2, 0.25) is 0 Å². The van der Waals surface area contributed by atoms with E-state index >= 15 is 0 Å². The third kappa shape index (κ3) is 2.55. The van der Waals surface area contributed by atoms with E-state index in [2.05, 4.69) is 11.1 Å². The van der Waals surface area contributed by atoms with Gasteiger partial charge in [0.05, 0.1) is 17.3 Å². The van der Waals surface area contributed by atoms with Crippen LogP contribution in [0.1, 0.15) is 11.1 Å². The van der Waals surface area contributed by atoms with Crippen molar-refractivity contribution >= 4 is 11.9 Å². The summed E-state index contributed by atoms with van der Waals surface area (Å²) in [6.07, 6.45) is 1.79. The highest BCUT2D eigenvalue weighted by atomic mass is 14.7. The quantitative estimate of drug-likeness (QED) is 0.694. The molecule has 0 saturated heterocycles. The number of nitrogens with zero attached hydrogens (tertiary/aromatic N) is 2. The lowest BCUT2D eigenvalue weighted by Gasteiger charge is -1.94. The van der Waals surface area contributed by atoms with Crippen molar-refractivity contribution in [3.63, 3.8) is 0 Å². The van der Waals surface area contributed by atoms with Crippen LogP contribution in [0, 0.1) is 11.3 Å². The zero-order valence-electron chi connectivity index (χ0n) is 8.67. The van der Waals surface area contributed by atoms with Crippen LogP contribution in [-0.2, 0) is 0 Å². The van der Waals surface area contributed by atoms with Crippen molar-refractivity contribution in [2.24, 2.45) is 4.99 Å². The second-order valence-corrected chi connectivity index (χ2v) is 3.33. The molecule has 0 radical (unpaired) electrons. The summed E-state index contributed by atoms with van der Waals surface area (Å²) >= 11 is 0. The van der Waals surface area contributed by atoms with E-state index in [1.54, 1.807) is 18.3 Å². The Kier molecular flexibility index (Phi) is 3.10. The molecular formula is C14H10N2. The minimum absolute atomic E-state index is 0.628. The molecule has 16 heavy (non-hydrogen) atoms. The Hall–Kier alpha value is -2.40. The van der Waals surface area contributed by atoms with Crippen LogP contribution in [0.3, 0.4) is 0 Å². The molecule has 0 unspecified atom stereocenters. The van der Waals surface area contributed by atoms with Crippen LogP contribution in [0.4, 0.5) is 5.69 Å². The van der Waals surface area contributed by atoms with Gasteiger partial charge in [-0.05, 0) is 23.8 Å². The van der Waals surface area contributed by atoms with Crippen molar-refractivity contribution in [1.29, 1.82) is 5.26 Å². The second-order valence-electron chi connectivity index (χ2n) is 3.33. The average Bonchev–Trinajstić information content (AvgIpc) is 2.38. The lowest BCUT2D eigenvalue weighted by molar-refractivity contribution is 1.46. The molecule has 0 aliphatic rings. The summed E-state index contributed by atoms with van der Waals surface area (Å²) in [5.41, 5.74) is 2.47. The summed E-state index contributed by atoms with van der Waals surface area (Å²) in [4.78, 5) is 4.31. The summed E-state index contributed by atoms with van der Waals surface area (Å²) in [6.45, 7) is 0. The molecule has 0 atom stereocenters. The third-order valence-corrected chi connectivity index (χ3v) is 2.14. The monoisotopic (exact) mass is 206 g/mol. The fourth-order valence-electron chi connectivity index (χ4n) is 1.34. The molecule has 0 saturated carbocycles. The number of nitriles is 1. The highest BCUT2D eigenvalue weighted by Gasteiger charge is 1.91. The van der Waals surface area contributed by atoms with E-state index in [0.29, 0.717) is 5.56 Å². The van der Waals surface area contributed by atoms with Gasteiger partial charge in [0.25, 0.3) is 0 Å². The van der Waals surface area contributed by atoms with Gasteiger partial charge in [-0.1, -0.05) is 36.4 Å². The maximum absolute atomic E-state index is 8.75. The smallest absolute Gasteiger partial charge is 0.0992 e. The van der Waals surface area contributed by atoms with Gasteiger partial charge in [-0.3, -0.25) is 4.99 Å². The Bertz CT molecular complexity index is 536. The van der Waals surface area contributed by atoms with E-state index in [0.717, 1.165) is 11.3 Å². The number of aliphatic imine (C=N–C) groups is 1. The second kappa shape index (κ2) is 4.90. The highest BCUT2D eigenvalue weighted by Crippen LogP contribution is 2.13. The maximum Gasteiger partial charge on any atom is 0.0992 e. The molecule has 2 nitrogen and oxygen atoms in total. The van der Waals surface area contributed by atoms with Crippen molar-refractivity contribution in [3.05, 3.63) is 65.7 Å². The molecule has 0 heterocycles. The van der Waals surface area contributed by atoms with Crippen LogP contribution in [0.5, 0.6) is 0 Å². The van der Waals surface area contributed by atoms with Gasteiger partial charge >= 0.3 is 0 Å². The van der Waals surface area contributed by atoms with Gasteiger partial charge in [-0.15, -0.1) is 0 Å². The Balaban J connectivity index is 2.21. The largest absolute Gasteiger partial charge is 0.256 e. The molecule has 2 rings (SSSR count). The van der Waals surface area contributed by atoms with Gasteiger partial charge in [0.15, 0.2) is 0 Å². The van der Waals surface area contributed by atoms with Crippen molar-refractivity contribution in [1.82, 2.24) is 0 Å². The summed E-state index contributed by atoms with van der Waals surface area (Å²) in [5.74, 6) is 0. The van der Waals surface area contributed by atoms with E-state index in [-0.39, 0.29) is 0 Å². The molecule has 0 aromatic heterocycles. The lowest BCUT2D eigenvalue weighted by Crippen LogP contribution is -1.78. The zero-order valence-corrected chi connectivity index (χ0v) is 8.67. The van der Waals surface area contributed by atoms with Crippen molar-refractivity contribution in [3.8, 4) is 6.07 Å². The normalized spacial score (nSPS) is 10.2.